The molecule has 0 aliphatic carbocycles. The van der Waals surface area contributed by atoms with Crippen molar-refractivity contribution in [1.29, 1.82) is 0 Å². The fraction of sp³-hybridized carbons (Fsp3) is 0.286. The van der Waals surface area contributed by atoms with E-state index in [1.165, 1.54) is 10.4 Å². The minimum absolute atomic E-state index is 0.0104. The number of carbonyl (C=O) groups excluding carboxylic acids is 1. The van der Waals surface area contributed by atoms with Crippen molar-refractivity contribution in [2.75, 3.05) is 11.9 Å². The van der Waals surface area contributed by atoms with E-state index in [-0.39, 0.29) is 11.8 Å². The van der Waals surface area contributed by atoms with Crippen LogP contribution in [0.5, 0.6) is 5.75 Å². The van der Waals surface area contributed by atoms with Gasteiger partial charge < -0.3 is 10.1 Å². The van der Waals surface area contributed by atoms with Crippen LogP contribution in [0, 0.1) is 13.8 Å². The number of thiophene rings is 1. The van der Waals surface area contributed by atoms with Gasteiger partial charge >= 0.3 is 0 Å². The molecule has 0 fully saturated rings. The number of anilines is 1. The van der Waals surface area contributed by atoms with Crippen LogP contribution in [0.25, 0.3) is 15.3 Å². The maximum Gasteiger partial charge on any atom is 0.226 e. The zero-order valence-electron chi connectivity index (χ0n) is 16.4. The number of amides is 1. The first-order valence-electron chi connectivity index (χ1n) is 9.52. The number of nitrogens with one attached hydrogen (secondary N) is 1. The molecule has 29 heavy (non-hydrogen) atoms. The molecular weight excluding hydrogens is 404 g/mol. The highest BCUT2D eigenvalue weighted by molar-refractivity contribution is 7.20. The Morgan fingerprint density at radius 3 is 2.93 bits per heavy atom. The monoisotopic (exact) mass is 424 g/mol. The summed E-state index contributed by atoms with van der Waals surface area (Å²) in [5.41, 5.74) is 4.12. The number of carbonyl (C=O) groups is 1. The molecule has 1 N–H and O–H groups in total. The van der Waals surface area contributed by atoms with Gasteiger partial charge in [0.1, 0.15) is 11.6 Å². The number of thiazole rings is 1. The van der Waals surface area contributed by atoms with Crippen LogP contribution in [0.3, 0.4) is 0 Å². The van der Waals surface area contributed by atoms with Crippen LogP contribution in [-0.4, -0.2) is 27.3 Å². The predicted octanol–water partition coefficient (Wildman–Crippen LogP) is 5.03. The molecule has 1 amide bonds. The standard InChI is InChI=1S/C21H20N4O2S2/c1-4-27-13-5-6-15-16(9-13)29-21(22-15)25-20-18(12(3)24-25)14(10-17(26)23-20)19-11(2)7-8-28-19/h5-9,14H,4,10H2,1-3H3,(H,23,26)/t14-/m1/s1. The van der Waals surface area contributed by atoms with Crippen molar-refractivity contribution in [2.24, 2.45) is 0 Å². The maximum atomic E-state index is 12.5. The average Bonchev–Trinajstić information content (AvgIpc) is 3.38. The third-order valence-corrected chi connectivity index (χ3v) is 7.29. The average molecular weight is 425 g/mol. The van der Waals surface area contributed by atoms with Gasteiger partial charge in [-0.1, -0.05) is 11.3 Å². The third-order valence-electron chi connectivity index (χ3n) is 5.16. The predicted molar refractivity (Wildman–Crippen MR) is 117 cm³/mol. The van der Waals surface area contributed by atoms with E-state index < -0.39 is 0 Å². The molecule has 4 aromatic rings. The second kappa shape index (κ2) is 6.96. The zero-order valence-corrected chi connectivity index (χ0v) is 18.0. The van der Waals surface area contributed by atoms with Gasteiger partial charge in [0.15, 0.2) is 0 Å². The third kappa shape index (κ3) is 3.03. The van der Waals surface area contributed by atoms with Crippen molar-refractivity contribution in [2.45, 2.75) is 33.1 Å². The highest BCUT2D eigenvalue weighted by Gasteiger charge is 2.34. The zero-order chi connectivity index (χ0) is 20.1. The Morgan fingerprint density at radius 1 is 1.31 bits per heavy atom. The lowest BCUT2D eigenvalue weighted by atomic mass is 9.89. The summed E-state index contributed by atoms with van der Waals surface area (Å²) in [4.78, 5) is 18.5. The number of hydrogen-bond acceptors (Lipinski definition) is 6. The lowest BCUT2D eigenvalue weighted by Crippen LogP contribution is -2.24. The Bertz CT molecular complexity index is 1240. The fourth-order valence-corrected chi connectivity index (χ4v) is 5.88. The van der Waals surface area contributed by atoms with Gasteiger partial charge in [0.25, 0.3) is 0 Å². The van der Waals surface area contributed by atoms with Crippen LogP contribution < -0.4 is 10.1 Å². The summed E-state index contributed by atoms with van der Waals surface area (Å²) in [7, 11) is 0. The van der Waals surface area contributed by atoms with E-state index in [1.807, 2.05) is 32.0 Å². The smallest absolute Gasteiger partial charge is 0.226 e. The second-order valence-electron chi connectivity index (χ2n) is 7.09. The van der Waals surface area contributed by atoms with E-state index in [0.717, 1.165) is 38.2 Å². The summed E-state index contributed by atoms with van der Waals surface area (Å²) in [6, 6.07) is 7.99. The highest BCUT2D eigenvalue weighted by atomic mass is 32.1. The van der Waals surface area contributed by atoms with Crippen LogP contribution in [0.2, 0.25) is 0 Å². The number of fused-ring (bicyclic) bond motifs is 2. The van der Waals surface area contributed by atoms with Crippen LogP contribution in [0.4, 0.5) is 5.82 Å². The van der Waals surface area contributed by atoms with Gasteiger partial charge in [-0.3, -0.25) is 4.79 Å². The molecule has 1 aromatic carbocycles. The molecule has 6 nitrogen and oxygen atoms in total. The van der Waals surface area contributed by atoms with Crippen molar-refractivity contribution in [3.8, 4) is 10.9 Å². The molecule has 0 unspecified atom stereocenters. The molecule has 5 rings (SSSR count). The molecule has 3 aromatic heterocycles. The number of ether oxygens (including phenoxy) is 1. The summed E-state index contributed by atoms with van der Waals surface area (Å²) >= 11 is 3.24. The van der Waals surface area contributed by atoms with Gasteiger partial charge in [-0.25, -0.2) is 4.98 Å². The van der Waals surface area contributed by atoms with E-state index >= 15 is 0 Å². The van der Waals surface area contributed by atoms with E-state index in [4.69, 9.17) is 14.8 Å². The number of rotatable bonds is 4. The molecule has 1 aliphatic heterocycles. The van der Waals surface area contributed by atoms with Crippen LogP contribution >= 0.6 is 22.7 Å². The van der Waals surface area contributed by atoms with Crippen LogP contribution in [0.1, 0.15) is 41.0 Å². The summed E-state index contributed by atoms with van der Waals surface area (Å²) in [5.74, 6) is 1.61. The number of nitrogens with zero attached hydrogens (tertiary/aromatic N) is 3. The van der Waals surface area contributed by atoms with E-state index in [9.17, 15) is 4.79 Å². The Balaban J connectivity index is 1.64. The van der Waals surface area contributed by atoms with Crippen molar-refractivity contribution >= 4 is 44.6 Å². The minimum atomic E-state index is 0.0104. The van der Waals surface area contributed by atoms with Crippen LogP contribution in [-0.2, 0) is 4.79 Å². The highest BCUT2D eigenvalue weighted by Crippen LogP contribution is 2.43. The van der Waals surface area contributed by atoms with Gasteiger partial charge in [0.2, 0.25) is 11.0 Å². The molecule has 148 valence electrons. The molecule has 0 saturated carbocycles. The van der Waals surface area contributed by atoms with Gasteiger partial charge in [-0.2, -0.15) is 9.78 Å². The Morgan fingerprint density at radius 2 is 2.17 bits per heavy atom. The first kappa shape index (κ1) is 18.3. The van der Waals surface area contributed by atoms with E-state index in [0.29, 0.717) is 13.0 Å². The van der Waals surface area contributed by atoms with E-state index in [2.05, 4.69) is 23.7 Å². The Labute approximate surface area is 176 Å². The second-order valence-corrected chi connectivity index (χ2v) is 9.05. The van der Waals surface area contributed by atoms with Crippen molar-refractivity contribution in [3.63, 3.8) is 0 Å². The molecule has 0 bridgehead atoms. The number of aromatic nitrogens is 3. The first-order valence-corrected chi connectivity index (χ1v) is 11.2. The molecule has 8 heteroatoms. The molecule has 4 heterocycles. The van der Waals surface area contributed by atoms with Crippen molar-refractivity contribution in [1.82, 2.24) is 14.8 Å². The van der Waals surface area contributed by atoms with Crippen molar-refractivity contribution < 1.29 is 9.53 Å². The van der Waals surface area contributed by atoms with Gasteiger partial charge in [0.05, 0.1) is 22.5 Å². The summed E-state index contributed by atoms with van der Waals surface area (Å²) in [5, 5.41) is 10.6. The lowest BCUT2D eigenvalue weighted by Gasteiger charge is -2.23. The number of hydrogen-bond donors (Lipinski definition) is 1. The normalized spacial score (nSPS) is 16.1. The fourth-order valence-electron chi connectivity index (χ4n) is 3.89. The summed E-state index contributed by atoms with van der Waals surface area (Å²) in [6.45, 7) is 6.69. The lowest BCUT2D eigenvalue weighted by molar-refractivity contribution is -0.116. The summed E-state index contributed by atoms with van der Waals surface area (Å²) in [6.07, 6.45) is 0.443. The molecule has 1 aliphatic rings. The first-order chi connectivity index (χ1) is 14.0. The Hall–Kier alpha value is -2.71. The van der Waals surface area contributed by atoms with Crippen LogP contribution in [0.15, 0.2) is 29.6 Å². The van der Waals surface area contributed by atoms with Gasteiger partial charge in [-0.05, 0) is 56.0 Å². The number of aryl methyl sites for hydroxylation is 2. The van der Waals surface area contributed by atoms with Gasteiger partial charge in [-0.15, -0.1) is 11.3 Å². The summed E-state index contributed by atoms with van der Waals surface area (Å²) < 4.78 is 8.41. The van der Waals surface area contributed by atoms with Gasteiger partial charge in [0, 0.05) is 22.8 Å². The SMILES string of the molecule is CCOc1ccc2nc(-n3nc(C)c4c3NC(=O)C[C@H]4c3sccc3C)sc2c1. The molecular formula is C21H20N4O2S2. The largest absolute Gasteiger partial charge is 0.494 e. The molecule has 0 saturated heterocycles. The molecule has 1 atom stereocenters. The quantitative estimate of drug-likeness (QED) is 0.499. The molecule has 0 radical (unpaired) electrons. The van der Waals surface area contributed by atoms with E-state index in [1.54, 1.807) is 27.4 Å². The maximum absolute atomic E-state index is 12.5. The minimum Gasteiger partial charge on any atom is -0.494 e. The van der Waals surface area contributed by atoms with Crippen molar-refractivity contribution in [3.05, 3.63) is 51.3 Å². The molecule has 0 spiro atoms. The number of benzene rings is 1. The Kier molecular flexibility index (Phi) is 4.40. The topological polar surface area (TPSA) is 69.0 Å².